The predicted octanol–water partition coefficient (Wildman–Crippen LogP) is 1.56. The van der Waals surface area contributed by atoms with Crippen molar-refractivity contribution in [3.05, 3.63) is 41.7 Å². The Morgan fingerprint density at radius 3 is 3.26 bits per heavy atom. The van der Waals surface area contributed by atoms with E-state index in [1.54, 1.807) is 6.20 Å². The zero-order valence-corrected chi connectivity index (χ0v) is 11.0. The van der Waals surface area contributed by atoms with Crippen LogP contribution in [0.2, 0.25) is 0 Å². The van der Waals surface area contributed by atoms with Gasteiger partial charge in [-0.15, -0.1) is 5.10 Å². The summed E-state index contributed by atoms with van der Waals surface area (Å²) in [6, 6.07) is 6.79. The predicted molar refractivity (Wildman–Crippen MR) is 72.1 cm³/mol. The number of nitrogens with zero attached hydrogens (tertiary/aromatic N) is 3. The maximum atomic E-state index is 5.52. The Morgan fingerprint density at radius 2 is 2.42 bits per heavy atom. The van der Waals surface area contributed by atoms with E-state index in [-0.39, 0.29) is 0 Å². The fourth-order valence-corrected chi connectivity index (χ4v) is 2.34. The minimum atomic E-state index is 0.328. The molecule has 0 aliphatic carbocycles. The van der Waals surface area contributed by atoms with E-state index in [2.05, 4.69) is 40.8 Å². The molecule has 0 radical (unpaired) electrons. The first-order chi connectivity index (χ1) is 9.33. The molecule has 2 aromatic rings. The van der Waals surface area contributed by atoms with Crippen molar-refractivity contribution in [3.63, 3.8) is 0 Å². The molecule has 1 N–H and O–H groups in total. The summed E-state index contributed by atoms with van der Waals surface area (Å²) in [6.45, 7) is 4.70. The number of aromatic nitrogens is 3. The van der Waals surface area contributed by atoms with E-state index < -0.39 is 0 Å². The van der Waals surface area contributed by atoms with Crippen LogP contribution in [-0.4, -0.2) is 28.1 Å². The van der Waals surface area contributed by atoms with Gasteiger partial charge in [-0.3, -0.25) is 4.68 Å². The molecule has 5 heteroatoms. The highest BCUT2D eigenvalue weighted by atomic mass is 16.5. The highest BCUT2D eigenvalue weighted by molar-refractivity contribution is 5.40. The van der Waals surface area contributed by atoms with Crippen molar-refractivity contribution >= 4 is 0 Å². The van der Waals surface area contributed by atoms with Gasteiger partial charge in [0.05, 0.1) is 19.3 Å². The van der Waals surface area contributed by atoms with Gasteiger partial charge in [0.1, 0.15) is 5.75 Å². The summed E-state index contributed by atoms with van der Waals surface area (Å²) in [4.78, 5) is 0. The van der Waals surface area contributed by atoms with Crippen molar-refractivity contribution in [2.24, 2.45) is 0 Å². The quantitative estimate of drug-likeness (QED) is 0.884. The minimum absolute atomic E-state index is 0.328. The monoisotopic (exact) mass is 258 g/mol. The maximum Gasteiger partial charge on any atom is 0.122 e. The average Bonchev–Trinajstić information content (AvgIpc) is 3.08. The molecule has 1 aliphatic heterocycles. The first-order valence-corrected chi connectivity index (χ1v) is 6.66. The van der Waals surface area contributed by atoms with Crippen LogP contribution in [0.15, 0.2) is 30.6 Å². The molecule has 1 aromatic carbocycles. The lowest BCUT2D eigenvalue weighted by Gasteiger charge is -2.15. The molecule has 0 spiro atoms. The summed E-state index contributed by atoms with van der Waals surface area (Å²) >= 11 is 0. The van der Waals surface area contributed by atoms with Crippen molar-refractivity contribution in [3.8, 4) is 5.75 Å². The lowest BCUT2D eigenvalue weighted by Crippen LogP contribution is -2.23. The fraction of sp³-hybridized carbons (Fsp3) is 0.429. The van der Waals surface area contributed by atoms with Crippen LogP contribution < -0.4 is 10.1 Å². The number of nitrogens with one attached hydrogen (secondary N) is 1. The van der Waals surface area contributed by atoms with Crippen LogP contribution in [0.4, 0.5) is 0 Å². The van der Waals surface area contributed by atoms with Gasteiger partial charge in [0.2, 0.25) is 0 Å². The molecule has 19 heavy (non-hydrogen) atoms. The van der Waals surface area contributed by atoms with Crippen LogP contribution in [0.3, 0.4) is 0 Å². The second-order valence-corrected chi connectivity index (χ2v) is 4.81. The summed E-state index contributed by atoms with van der Waals surface area (Å²) in [5, 5.41) is 11.2. The lowest BCUT2D eigenvalue weighted by atomic mass is 10.0. The molecule has 1 aliphatic rings. The van der Waals surface area contributed by atoms with E-state index in [1.807, 2.05) is 10.9 Å². The average molecular weight is 258 g/mol. The standard InChI is InChI=1S/C14H18N4O/c1-11(15-5-7-18-8-6-16-17-18)12-2-3-14-13(10-12)4-9-19-14/h2-3,6,8,10-11,15H,4-5,7,9H2,1H3. The topological polar surface area (TPSA) is 52.0 Å². The number of ether oxygens (including phenoxy) is 1. The first-order valence-electron chi connectivity index (χ1n) is 6.66. The van der Waals surface area contributed by atoms with E-state index in [0.717, 1.165) is 31.9 Å². The summed E-state index contributed by atoms with van der Waals surface area (Å²) in [7, 11) is 0. The molecule has 3 rings (SSSR count). The van der Waals surface area contributed by atoms with E-state index >= 15 is 0 Å². The Bertz CT molecular complexity index is 538. The number of hydrogen-bond donors (Lipinski definition) is 1. The second kappa shape index (κ2) is 5.40. The Balaban J connectivity index is 1.56. The number of benzene rings is 1. The Hall–Kier alpha value is -1.88. The second-order valence-electron chi connectivity index (χ2n) is 4.81. The van der Waals surface area contributed by atoms with Crippen LogP contribution in [0.1, 0.15) is 24.1 Å². The van der Waals surface area contributed by atoms with E-state index in [0.29, 0.717) is 6.04 Å². The molecule has 100 valence electrons. The van der Waals surface area contributed by atoms with Gasteiger partial charge in [0.15, 0.2) is 0 Å². The summed E-state index contributed by atoms with van der Waals surface area (Å²) in [5.41, 5.74) is 2.63. The lowest BCUT2D eigenvalue weighted by molar-refractivity contribution is 0.356. The molecule has 0 saturated heterocycles. The summed E-state index contributed by atoms with van der Waals surface area (Å²) < 4.78 is 7.35. The van der Waals surface area contributed by atoms with Gasteiger partial charge in [-0.1, -0.05) is 17.3 Å². The number of hydrogen-bond acceptors (Lipinski definition) is 4. The van der Waals surface area contributed by atoms with Crippen molar-refractivity contribution < 1.29 is 4.74 Å². The van der Waals surface area contributed by atoms with E-state index in [4.69, 9.17) is 4.74 Å². The molecule has 1 atom stereocenters. The largest absolute Gasteiger partial charge is 0.493 e. The van der Waals surface area contributed by atoms with Crippen molar-refractivity contribution in [1.29, 1.82) is 0 Å². The zero-order chi connectivity index (χ0) is 13.1. The third-order valence-corrected chi connectivity index (χ3v) is 3.48. The normalized spacial score (nSPS) is 15.0. The molecule has 0 amide bonds. The molecule has 1 aromatic heterocycles. The van der Waals surface area contributed by atoms with Gasteiger partial charge in [-0.05, 0) is 24.1 Å². The Morgan fingerprint density at radius 1 is 1.47 bits per heavy atom. The smallest absolute Gasteiger partial charge is 0.122 e. The Labute approximate surface area is 112 Å². The number of fused-ring (bicyclic) bond motifs is 1. The van der Waals surface area contributed by atoms with Crippen molar-refractivity contribution in [2.45, 2.75) is 25.9 Å². The third kappa shape index (κ3) is 2.76. The van der Waals surface area contributed by atoms with Gasteiger partial charge in [-0.25, -0.2) is 0 Å². The molecule has 0 bridgehead atoms. The SMILES string of the molecule is CC(NCCn1ccnn1)c1ccc2c(c1)CCO2. The van der Waals surface area contributed by atoms with Gasteiger partial charge < -0.3 is 10.1 Å². The molecule has 5 nitrogen and oxygen atoms in total. The Kier molecular flexibility index (Phi) is 3.46. The van der Waals surface area contributed by atoms with Crippen LogP contribution in [0.5, 0.6) is 5.75 Å². The highest BCUT2D eigenvalue weighted by Crippen LogP contribution is 2.27. The molecule has 2 heterocycles. The number of rotatable bonds is 5. The maximum absolute atomic E-state index is 5.52. The molecule has 0 saturated carbocycles. The van der Waals surface area contributed by atoms with E-state index in [9.17, 15) is 0 Å². The first kappa shape index (κ1) is 12.2. The minimum Gasteiger partial charge on any atom is -0.493 e. The summed E-state index contributed by atoms with van der Waals surface area (Å²) in [6.07, 6.45) is 4.60. The van der Waals surface area contributed by atoms with Gasteiger partial charge in [0, 0.05) is 25.2 Å². The molecule has 1 unspecified atom stereocenters. The van der Waals surface area contributed by atoms with Crippen LogP contribution in [0.25, 0.3) is 0 Å². The zero-order valence-electron chi connectivity index (χ0n) is 11.0. The van der Waals surface area contributed by atoms with Crippen LogP contribution in [0, 0.1) is 0 Å². The van der Waals surface area contributed by atoms with Crippen molar-refractivity contribution in [2.75, 3.05) is 13.2 Å². The van der Waals surface area contributed by atoms with Gasteiger partial charge >= 0.3 is 0 Å². The molecular weight excluding hydrogens is 240 g/mol. The molecular formula is C14H18N4O. The third-order valence-electron chi connectivity index (χ3n) is 3.48. The van der Waals surface area contributed by atoms with Gasteiger partial charge in [0.25, 0.3) is 0 Å². The molecule has 0 fully saturated rings. The van der Waals surface area contributed by atoms with Crippen LogP contribution in [-0.2, 0) is 13.0 Å². The highest BCUT2D eigenvalue weighted by Gasteiger charge is 2.14. The van der Waals surface area contributed by atoms with Crippen molar-refractivity contribution in [1.82, 2.24) is 20.3 Å². The fourth-order valence-electron chi connectivity index (χ4n) is 2.34. The van der Waals surface area contributed by atoms with Crippen LogP contribution >= 0.6 is 0 Å². The summed E-state index contributed by atoms with van der Waals surface area (Å²) in [5.74, 6) is 1.04. The van der Waals surface area contributed by atoms with E-state index in [1.165, 1.54) is 11.1 Å². The van der Waals surface area contributed by atoms with Gasteiger partial charge in [-0.2, -0.15) is 0 Å².